The standard InChI is InChI=1S/C20H20F3NO/c21-20(22,23)16-7-5-15(6-8-16)17-3-1-2-4-18(17)19(25)13-14-9-11-24-12-10-14/h1-8,14,24H,9-13H2. The molecule has 0 bridgehead atoms. The molecule has 0 atom stereocenters. The summed E-state index contributed by atoms with van der Waals surface area (Å²) in [6.45, 7) is 1.86. The maximum Gasteiger partial charge on any atom is 0.416 e. The maximum atomic E-state index is 12.7. The summed E-state index contributed by atoms with van der Waals surface area (Å²) in [5.74, 6) is 0.428. The molecule has 0 radical (unpaired) electrons. The quantitative estimate of drug-likeness (QED) is 0.793. The second kappa shape index (κ2) is 7.40. The van der Waals surface area contributed by atoms with Gasteiger partial charge >= 0.3 is 6.18 Å². The zero-order chi connectivity index (χ0) is 17.9. The van der Waals surface area contributed by atoms with E-state index < -0.39 is 11.7 Å². The number of rotatable bonds is 4. The number of carbonyl (C=O) groups is 1. The summed E-state index contributed by atoms with van der Waals surface area (Å²) in [6.07, 6.45) is -1.91. The van der Waals surface area contributed by atoms with Crippen LogP contribution in [0.3, 0.4) is 0 Å². The fourth-order valence-corrected chi connectivity index (χ4v) is 3.27. The van der Waals surface area contributed by atoms with Crippen LogP contribution in [-0.4, -0.2) is 18.9 Å². The molecule has 0 aromatic heterocycles. The first-order chi connectivity index (χ1) is 11.9. The smallest absolute Gasteiger partial charge is 0.317 e. The number of benzene rings is 2. The van der Waals surface area contributed by atoms with Crippen molar-refractivity contribution in [3.05, 3.63) is 59.7 Å². The SMILES string of the molecule is O=C(CC1CCNCC1)c1ccccc1-c1ccc(C(F)(F)F)cc1. The van der Waals surface area contributed by atoms with E-state index in [-0.39, 0.29) is 5.78 Å². The van der Waals surface area contributed by atoms with E-state index in [1.54, 1.807) is 24.3 Å². The predicted molar refractivity (Wildman–Crippen MR) is 91.4 cm³/mol. The largest absolute Gasteiger partial charge is 0.416 e. The highest BCUT2D eigenvalue weighted by Crippen LogP contribution is 2.32. The molecule has 1 aliphatic rings. The molecule has 132 valence electrons. The molecule has 25 heavy (non-hydrogen) atoms. The van der Waals surface area contributed by atoms with Gasteiger partial charge in [0.2, 0.25) is 0 Å². The average Bonchev–Trinajstić information content (AvgIpc) is 2.62. The Labute approximate surface area is 145 Å². The van der Waals surface area contributed by atoms with E-state index in [1.807, 2.05) is 0 Å². The zero-order valence-electron chi connectivity index (χ0n) is 13.8. The lowest BCUT2D eigenvalue weighted by Crippen LogP contribution is -2.29. The van der Waals surface area contributed by atoms with Crippen molar-refractivity contribution in [1.82, 2.24) is 5.32 Å². The third-order valence-electron chi connectivity index (χ3n) is 4.68. The lowest BCUT2D eigenvalue weighted by molar-refractivity contribution is -0.137. The molecule has 1 fully saturated rings. The first-order valence-corrected chi connectivity index (χ1v) is 8.46. The van der Waals surface area contributed by atoms with Crippen molar-refractivity contribution in [3.8, 4) is 11.1 Å². The fraction of sp³-hybridized carbons (Fsp3) is 0.350. The summed E-state index contributed by atoms with van der Waals surface area (Å²) in [6, 6.07) is 12.1. The minimum absolute atomic E-state index is 0.0578. The van der Waals surface area contributed by atoms with Crippen molar-refractivity contribution in [2.24, 2.45) is 5.92 Å². The second-order valence-electron chi connectivity index (χ2n) is 6.44. The van der Waals surface area contributed by atoms with E-state index in [9.17, 15) is 18.0 Å². The average molecular weight is 347 g/mol. The third-order valence-corrected chi connectivity index (χ3v) is 4.68. The van der Waals surface area contributed by atoms with Gasteiger partial charge in [-0.2, -0.15) is 13.2 Å². The topological polar surface area (TPSA) is 29.1 Å². The highest BCUT2D eigenvalue weighted by molar-refractivity contribution is 6.02. The number of halogens is 3. The molecule has 2 aromatic carbocycles. The third kappa shape index (κ3) is 4.28. The van der Waals surface area contributed by atoms with Crippen LogP contribution in [0.25, 0.3) is 11.1 Å². The monoisotopic (exact) mass is 347 g/mol. The van der Waals surface area contributed by atoms with E-state index in [2.05, 4.69) is 5.32 Å². The maximum absolute atomic E-state index is 12.7. The second-order valence-corrected chi connectivity index (χ2v) is 6.44. The van der Waals surface area contributed by atoms with Crippen LogP contribution in [-0.2, 0) is 6.18 Å². The van der Waals surface area contributed by atoms with Gasteiger partial charge in [-0.05, 0) is 55.1 Å². The summed E-state index contributed by atoms with van der Waals surface area (Å²) in [5, 5.41) is 3.28. The normalized spacial score (nSPS) is 16.0. The fourth-order valence-electron chi connectivity index (χ4n) is 3.27. The molecule has 5 heteroatoms. The Morgan fingerprint density at radius 1 is 1.00 bits per heavy atom. The van der Waals surface area contributed by atoms with Gasteiger partial charge in [0, 0.05) is 12.0 Å². The Balaban J connectivity index is 1.84. The van der Waals surface area contributed by atoms with Crippen molar-refractivity contribution >= 4 is 5.78 Å². The molecule has 0 unspecified atom stereocenters. The number of hydrogen-bond acceptors (Lipinski definition) is 2. The summed E-state index contributed by atoms with van der Waals surface area (Å²) in [4.78, 5) is 12.7. The summed E-state index contributed by atoms with van der Waals surface area (Å²) >= 11 is 0. The van der Waals surface area contributed by atoms with Gasteiger partial charge in [-0.3, -0.25) is 4.79 Å². The molecule has 0 aliphatic carbocycles. The molecule has 0 saturated carbocycles. The van der Waals surface area contributed by atoms with Gasteiger partial charge in [0.05, 0.1) is 5.56 Å². The van der Waals surface area contributed by atoms with Crippen molar-refractivity contribution < 1.29 is 18.0 Å². The van der Waals surface area contributed by atoms with Gasteiger partial charge in [-0.25, -0.2) is 0 Å². The molecule has 1 N–H and O–H groups in total. The predicted octanol–water partition coefficient (Wildman–Crippen LogP) is 4.94. The molecule has 2 aromatic rings. The lowest BCUT2D eigenvalue weighted by Gasteiger charge is -2.22. The molecule has 0 amide bonds. The number of hydrogen-bond donors (Lipinski definition) is 1. The van der Waals surface area contributed by atoms with Crippen LogP contribution >= 0.6 is 0 Å². The molecule has 1 saturated heterocycles. The van der Waals surface area contributed by atoms with Crippen LogP contribution in [0.2, 0.25) is 0 Å². The number of piperidine rings is 1. The summed E-state index contributed by atoms with van der Waals surface area (Å²) in [7, 11) is 0. The number of ketones is 1. The van der Waals surface area contributed by atoms with Crippen molar-refractivity contribution in [2.45, 2.75) is 25.4 Å². The Kier molecular flexibility index (Phi) is 5.23. The molecule has 1 aliphatic heterocycles. The molecule has 1 heterocycles. The molecule has 3 rings (SSSR count). The first kappa shape index (κ1) is 17.7. The van der Waals surface area contributed by atoms with E-state index in [1.165, 1.54) is 12.1 Å². The first-order valence-electron chi connectivity index (χ1n) is 8.46. The van der Waals surface area contributed by atoms with Crippen LogP contribution in [0, 0.1) is 5.92 Å². The Morgan fingerprint density at radius 2 is 1.64 bits per heavy atom. The minimum atomic E-state index is -4.36. The van der Waals surface area contributed by atoms with E-state index in [0.717, 1.165) is 38.1 Å². The van der Waals surface area contributed by atoms with E-state index in [4.69, 9.17) is 0 Å². The van der Waals surface area contributed by atoms with E-state index >= 15 is 0 Å². The number of Topliss-reactive ketones (excluding diaryl/α,β-unsaturated/α-hetero) is 1. The Hall–Kier alpha value is -2.14. The Bertz CT molecular complexity index is 731. The molecular formula is C20H20F3NO. The minimum Gasteiger partial charge on any atom is -0.317 e. The van der Waals surface area contributed by atoms with Gasteiger partial charge < -0.3 is 5.32 Å². The molecule has 2 nitrogen and oxygen atoms in total. The zero-order valence-corrected chi connectivity index (χ0v) is 13.8. The highest BCUT2D eigenvalue weighted by Gasteiger charge is 2.30. The number of nitrogens with one attached hydrogen (secondary N) is 1. The molecular weight excluding hydrogens is 327 g/mol. The summed E-state index contributed by atoms with van der Waals surface area (Å²) < 4.78 is 38.2. The van der Waals surface area contributed by atoms with Crippen LogP contribution in [0.4, 0.5) is 13.2 Å². The van der Waals surface area contributed by atoms with E-state index in [0.29, 0.717) is 29.0 Å². The van der Waals surface area contributed by atoms with Gasteiger partial charge in [0.25, 0.3) is 0 Å². The van der Waals surface area contributed by atoms with Gasteiger partial charge in [-0.15, -0.1) is 0 Å². The Morgan fingerprint density at radius 3 is 2.28 bits per heavy atom. The van der Waals surface area contributed by atoms with Crippen molar-refractivity contribution in [1.29, 1.82) is 0 Å². The van der Waals surface area contributed by atoms with Crippen LogP contribution in [0.5, 0.6) is 0 Å². The molecule has 0 spiro atoms. The lowest BCUT2D eigenvalue weighted by atomic mass is 9.88. The van der Waals surface area contributed by atoms with Crippen molar-refractivity contribution in [2.75, 3.05) is 13.1 Å². The van der Waals surface area contributed by atoms with Crippen molar-refractivity contribution in [3.63, 3.8) is 0 Å². The number of alkyl halides is 3. The summed E-state index contributed by atoms with van der Waals surface area (Å²) in [5.41, 5.74) is 1.22. The number of carbonyl (C=O) groups excluding carboxylic acids is 1. The van der Waals surface area contributed by atoms with Crippen LogP contribution < -0.4 is 5.32 Å². The van der Waals surface area contributed by atoms with Gasteiger partial charge in [-0.1, -0.05) is 36.4 Å². The van der Waals surface area contributed by atoms with Gasteiger partial charge in [0.15, 0.2) is 5.78 Å². The van der Waals surface area contributed by atoms with Gasteiger partial charge in [0.1, 0.15) is 0 Å². The highest BCUT2D eigenvalue weighted by atomic mass is 19.4. The van der Waals surface area contributed by atoms with Crippen LogP contribution in [0.1, 0.15) is 35.2 Å². The van der Waals surface area contributed by atoms with Crippen LogP contribution in [0.15, 0.2) is 48.5 Å².